The molecule has 1 N–H and O–H groups in total. The molecule has 1 rings (SSSR count). The third-order valence-electron chi connectivity index (χ3n) is 2.74. The van der Waals surface area contributed by atoms with E-state index in [0.717, 1.165) is 0 Å². The van der Waals surface area contributed by atoms with E-state index in [0.29, 0.717) is 18.5 Å². The van der Waals surface area contributed by atoms with Crippen molar-refractivity contribution in [2.24, 2.45) is 0 Å². The summed E-state index contributed by atoms with van der Waals surface area (Å²) < 4.78 is 0. The first kappa shape index (κ1) is 15.3. The number of hydrogen-bond donors (Lipinski definition) is 1. The zero-order valence-electron chi connectivity index (χ0n) is 11.1. The van der Waals surface area contributed by atoms with Gasteiger partial charge in [0.25, 0.3) is 5.69 Å². The third-order valence-corrected chi connectivity index (χ3v) is 2.74. The van der Waals surface area contributed by atoms with Gasteiger partial charge in [-0.15, -0.1) is 0 Å². The molecule has 19 heavy (non-hydrogen) atoms. The maximum absolute atomic E-state index is 11.9. The van der Waals surface area contributed by atoms with E-state index in [4.69, 9.17) is 5.11 Å². The van der Waals surface area contributed by atoms with Gasteiger partial charge in [-0.2, -0.15) is 0 Å². The van der Waals surface area contributed by atoms with Crippen molar-refractivity contribution in [2.75, 3.05) is 20.1 Å². The van der Waals surface area contributed by atoms with Gasteiger partial charge in [-0.05, 0) is 32.5 Å². The summed E-state index contributed by atoms with van der Waals surface area (Å²) in [5.41, 5.74) is 0.425. The summed E-state index contributed by atoms with van der Waals surface area (Å²) in [7, 11) is 1.80. The topological polar surface area (TPSA) is 83.7 Å². The number of hydrogen-bond acceptors (Lipinski definition) is 5. The third kappa shape index (κ3) is 5.15. The maximum atomic E-state index is 11.9. The highest BCUT2D eigenvalue weighted by Gasteiger charge is 2.12. The molecule has 0 aromatic heterocycles. The normalized spacial score (nSPS) is 12.4. The quantitative estimate of drug-likeness (QED) is 0.459. The van der Waals surface area contributed by atoms with Crippen molar-refractivity contribution in [3.63, 3.8) is 0 Å². The van der Waals surface area contributed by atoms with E-state index in [1.165, 1.54) is 24.3 Å². The van der Waals surface area contributed by atoms with Gasteiger partial charge in [-0.3, -0.25) is 19.8 Å². The van der Waals surface area contributed by atoms with Gasteiger partial charge >= 0.3 is 0 Å². The molecule has 1 aromatic carbocycles. The van der Waals surface area contributed by atoms with Crippen LogP contribution in [0.5, 0.6) is 0 Å². The maximum Gasteiger partial charge on any atom is 0.269 e. The molecule has 6 nitrogen and oxygen atoms in total. The number of non-ortho nitro benzene ring substituents is 1. The number of carbonyl (C=O) groups is 1. The molecule has 1 atom stereocenters. The van der Waals surface area contributed by atoms with Crippen LogP contribution in [0.3, 0.4) is 0 Å². The molecule has 0 heterocycles. The minimum absolute atomic E-state index is 0.0287. The van der Waals surface area contributed by atoms with Gasteiger partial charge in [0, 0.05) is 24.2 Å². The zero-order chi connectivity index (χ0) is 14.4. The zero-order valence-corrected chi connectivity index (χ0v) is 11.1. The monoisotopic (exact) mass is 266 g/mol. The second-order valence-electron chi connectivity index (χ2n) is 4.60. The SMILES string of the molecule is CC(O)CCN(C)CC(=O)c1ccc([N+](=O)[O-])cc1. The number of aliphatic hydroxyl groups excluding tert-OH is 1. The van der Waals surface area contributed by atoms with Gasteiger partial charge in [0.2, 0.25) is 0 Å². The van der Waals surface area contributed by atoms with Crippen molar-refractivity contribution in [3.05, 3.63) is 39.9 Å². The van der Waals surface area contributed by atoms with Gasteiger partial charge in [-0.25, -0.2) is 0 Å². The van der Waals surface area contributed by atoms with E-state index in [1.807, 2.05) is 4.90 Å². The minimum Gasteiger partial charge on any atom is -0.393 e. The summed E-state index contributed by atoms with van der Waals surface area (Å²) in [6, 6.07) is 5.57. The van der Waals surface area contributed by atoms with Crippen LogP contribution < -0.4 is 0 Å². The van der Waals surface area contributed by atoms with E-state index in [1.54, 1.807) is 14.0 Å². The summed E-state index contributed by atoms with van der Waals surface area (Å²) in [4.78, 5) is 23.7. The number of aliphatic hydroxyl groups is 1. The van der Waals surface area contributed by atoms with Crippen LogP contribution in [0.25, 0.3) is 0 Å². The number of Topliss-reactive ketones (excluding diaryl/α,β-unsaturated/α-hetero) is 1. The Bertz CT molecular complexity index is 442. The lowest BCUT2D eigenvalue weighted by atomic mass is 10.1. The van der Waals surface area contributed by atoms with Crippen LogP contribution in [0.1, 0.15) is 23.7 Å². The first-order valence-electron chi connectivity index (χ1n) is 6.04. The summed E-state index contributed by atoms with van der Waals surface area (Å²) >= 11 is 0. The highest BCUT2D eigenvalue weighted by atomic mass is 16.6. The molecular weight excluding hydrogens is 248 g/mol. The van der Waals surface area contributed by atoms with E-state index >= 15 is 0 Å². The molecule has 0 spiro atoms. The van der Waals surface area contributed by atoms with Gasteiger partial charge in [0.05, 0.1) is 17.6 Å². The Labute approximate surface area is 111 Å². The molecule has 0 bridgehead atoms. The Balaban J connectivity index is 2.55. The fraction of sp³-hybridized carbons (Fsp3) is 0.462. The van der Waals surface area contributed by atoms with E-state index < -0.39 is 11.0 Å². The number of nitro groups is 1. The molecule has 0 fully saturated rings. The summed E-state index contributed by atoms with van der Waals surface area (Å²) in [5, 5.41) is 19.7. The Morgan fingerprint density at radius 3 is 2.47 bits per heavy atom. The van der Waals surface area contributed by atoms with Crippen molar-refractivity contribution < 1.29 is 14.8 Å². The average molecular weight is 266 g/mol. The van der Waals surface area contributed by atoms with Crippen molar-refractivity contribution >= 4 is 11.5 Å². The number of benzene rings is 1. The highest BCUT2D eigenvalue weighted by Crippen LogP contribution is 2.12. The molecule has 104 valence electrons. The van der Waals surface area contributed by atoms with Gasteiger partial charge in [-0.1, -0.05) is 0 Å². The summed E-state index contributed by atoms with van der Waals surface area (Å²) in [5.74, 6) is -0.0945. The van der Waals surface area contributed by atoms with Gasteiger partial charge in [0.15, 0.2) is 5.78 Å². The number of nitro benzene ring substituents is 1. The number of carbonyl (C=O) groups excluding carboxylic acids is 1. The van der Waals surface area contributed by atoms with Crippen LogP contribution in [-0.4, -0.2) is 47.0 Å². The molecule has 0 aliphatic rings. The second-order valence-corrected chi connectivity index (χ2v) is 4.60. The van der Waals surface area contributed by atoms with Crippen LogP contribution in [-0.2, 0) is 0 Å². The molecule has 0 amide bonds. The van der Waals surface area contributed by atoms with Crippen LogP contribution in [0, 0.1) is 10.1 Å². The van der Waals surface area contributed by atoms with E-state index in [2.05, 4.69) is 0 Å². The summed E-state index contributed by atoms with van der Waals surface area (Å²) in [6.45, 7) is 2.55. The molecule has 1 aromatic rings. The Morgan fingerprint density at radius 1 is 1.42 bits per heavy atom. The number of nitrogens with zero attached hydrogens (tertiary/aromatic N) is 2. The molecule has 6 heteroatoms. The molecule has 0 aliphatic carbocycles. The van der Waals surface area contributed by atoms with Crippen LogP contribution in [0.2, 0.25) is 0 Å². The number of ketones is 1. The lowest BCUT2D eigenvalue weighted by Crippen LogP contribution is -2.28. The first-order chi connectivity index (χ1) is 8.90. The molecular formula is C13H18N2O4. The Kier molecular flexibility index (Phi) is 5.59. The fourth-order valence-corrected chi connectivity index (χ4v) is 1.59. The lowest BCUT2D eigenvalue weighted by Gasteiger charge is -2.16. The fourth-order valence-electron chi connectivity index (χ4n) is 1.59. The highest BCUT2D eigenvalue weighted by molar-refractivity contribution is 5.97. The largest absolute Gasteiger partial charge is 0.393 e. The van der Waals surface area contributed by atoms with Crippen molar-refractivity contribution in [1.29, 1.82) is 0 Å². The smallest absolute Gasteiger partial charge is 0.269 e. The predicted molar refractivity (Wildman–Crippen MR) is 71.2 cm³/mol. The summed E-state index contributed by atoms with van der Waals surface area (Å²) in [6.07, 6.45) is 0.209. The molecule has 0 radical (unpaired) electrons. The van der Waals surface area contributed by atoms with Crippen molar-refractivity contribution in [2.45, 2.75) is 19.4 Å². The van der Waals surface area contributed by atoms with Crippen molar-refractivity contribution in [3.8, 4) is 0 Å². The van der Waals surface area contributed by atoms with Crippen LogP contribution in [0.15, 0.2) is 24.3 Å². The van der Waals surface area contributed by atoms with Gasteiger partial charge in [0.1, 0.15) is 0 Å². The van der Waals surface area contributed by atoms with Crippen molar-refractivity contribution in [1.82, 2.24) is 4.90 Å². The Morgan fingerprint density at radius 2 is 2.00 bits per heavy atom. The Hall–Kier alpha value is -1.79. The molecule has 0 saturated carbocycles. The average Bonchev–Trinajstić information content (AvgIpc) is 2.36. The lowest BCUT2D eigenvalue weighted by molar-refractivity contribution is -0.384. The van der Waals surface area contributed by atoms with E-state index in [9.17, 15) is 14.9 Å². The predicted octanol–water partition coefficient (Wildman–Crippen LogP) is 1.48. The van der Waals surface area contributed by atoms with Crippen LogP contribution >= 0.6 is 0 Å². The minimum atomic E-state index is -0.497. The van der Waals surface area contributed by atoms with Crippen LogP contribution in [0.4, 0.5) is 5.69 Å². The molecule has 0 aliphatic heterocycles. The van der Waals surface area contributed by atoms with Gasteiger partial charge < -0.3 is 5.11 Å². The molecule has 1 unspecified atom stereocenters. The van der Waals surface area contributed by atoms with E-state index in [-0.39, 0.29) is 18.0 Å². The molecule has 0 saturated heterocycles. The number of likely N-dealkylation sites (N-methyl/N-ethyl adjacent to an activating group) is 1. The first-order valence-corrected chi connectivity index (χ1v) is 6.04. The second kappa shape index (κ2) is 6.96. The number of rotatable bonds is 7. The standard InChI is InChI=1S/C13H18N2O4/c1-10(16)7-8-14(2)9-13(17)11-3-5-12(6-4-11)15(18)19/h3-6,10,16H,7-9H2,1-2H3.